The molecule has 0 bridgehead atoms. The summed E-state index contributed by atoms with van der Waals surface area (Å²) in [5.74, 6) is 0.523. The van der Waals surface area contributed by atoms with E-state index in [9.17, 15) is 13.2 Å². The van der Waals surface area contributed by atoms with Gasteiger partial charge in [-0.3, -0.25) is 0 Å². The molecule has 0 atom stereocenters. The maximum absolute atomic E-state index is 12.0. The molecule has 0 radical (unpaired) electrons. The second-order valence-electron chi connectivity index (χ2n) is 6.52. The van der Waals surface area contributed by atoms with Gasteiger partial charge in [-0.25, -0.2) is 13.2 Å². The second kappa shape index (κ2) is 7.27. The van der Waals surface area contributed by atoms with Crippen molar-refractivity contribution in [1.82, 2.24) is 10.6 Å². The lowest BCUT2D eigenvalue weighted by molar-refractivity contribution is 0.222. The minimum Gasteiger partial charge on any atom is -0.335 e. The van der Waals surface area contributed by atoms with Gasteiger partial charge in [0.2, 0.25) is 0 Å². The van der Waals surface area contributed by atoms with Gasteiger partial charge in [-0.05, 0) is 42.0 Å². The molecule has 5 nitrogen and oxygen atoms in total. The molecule has 25 heavy (non-hydrogen) atoms. The summed E-state index contributed by atoms with van der Waals surface area (Å²) in [7, 11) is -3.19. The summed E-state index contributed by atoms with van der Waals surface area (Å²) in [5, 5.41) is 5.79. The van der Waals surface area contributed by atoms with Crippen LogP contribution in [0.3, 0.4) is 0 Å². The van der Waals surface area contributed by atoms with Gasteiger partial charge < -0.3 is 10.6 Å². The molecule has 0 heterocycles. The molecule has 1 aliphatic carbocycles. The Morgan fingerprint density at radius 1 is 1.04 bits per heavy atom. The lowest BCUT2D eigenvalue weighted by atomic mass is 9.76. The molecule has 1 saturated carbocycles. The molecule has 0 saturated heterocycles. The summed E-state index contributed by atoms with van der Waals surface area (Å²) >= 11 is 0. The van der Waals surface area contributed by atoms with Crippen molar-refractivity contribution in [1.29, 1.82) is 0 Å². The topological polar surface area (TPSA) is 75.3 Å². The molecule has 0 unspecified atom stereocenters. The predicted molar refractivity (Wildman–Crippen MR) is 97.1 cm³/mol. The van der Waals surface area contributed by atoms with Gasteiger partial charge in [0, 0.05) is 18.8 Å². The van der Waals surface area contributed by atoms with Crippen LogP contribution in [0.4, 0.5) is 4.79 Å². The van der Waals surface area contributed by atoms with Crippen LogP contribution in [0.5, 0.6) is 0 Å². The normalized spacial score (nSPS) is 19.7. The number of urea groups is 1. The lowest BCUT2D eigenvalue weighted by Crippen LogP contribution is -2.47. The standard InChI is InChI=1S/C19H22N2O3S/c1-25(23,24)18-9-7-14(8-10-18)13-20-19(22)21-17-11-16(12-17)15-5-3-2-4-6-15/h2-10,16-17H,11-13H2,1H3,(H2,20,21,22). The van der Waals surface area contributed by atoms with Crippen LogP contribution < -0.4 is 10.6 Å². The zero-order valence-corrected chi connectivity index (χ0v) is 14.9. The van der Waals surface area contributed by atoms with Crippen LogP contribution in [0.2, 0.25) is 0 Å². The van der Waals surface area contributed by atoms with Crippen molar-refractivity contribution < 1.29 is 13.2 Å². The van der Waals surface area contributed by atoms with Gasteiger partial charge in [-0.2, -0.15) is 0 Å². The van der Waals surface area contributed by atoms with E-state index in [4.69, 9.17) is 0 Å². The molecular weight excluding hydrogens is 336 g/mol. The van der Waals surface area contributed by atoms with E-state index in [1.807, 2.05) is 18.2 Å². The summed E-state index contributed by atoms with van der Waals surface area (Å²) < 4.78 is 22.8. The van der Waals surface area contributed by atoms with Crippen LogP contribution in [0.1, 0.15) is 29.9 Å². The van der Waals surface area contributed by atoms with Crippen molar-refractivity contribution in [2.24, 2.45) is 0 Å². The highest BCUT2D eigenvalue weighted by molar-refractivity contribution is 7.90. The quantitative estimate of drug-likeness (QED) is 0.863. The van der Waals surface area contributed by atoms with E-state index < -0.39 is 9.84 Å². The number of amides is 2. The van der Waals surface area contributed by atoms with E-state index >= 15 is 0 Å². The molecule has 2 aromatic carbocycles. The van der Waals surface area contributed by atoms with Crippen molar-refractivity contribution in [2.75, 3.05) is 6.26 Å². The largest absolute Gasteiger partial charge is 0.335 e. The Kier molecular flexibility index (Phi) is 5.08. The van der Waals surface area contributed by atoms with Crippen LogP contribution in [0, 0.1) is 0 Å². The molecule has 0 spiro atoms. The summed E-state index contributed by atoms with van der Waals surface area (Å²) in [4.78, 5) is 12.3. The Hall–Kier alpha value is -2.34. The molecule has 132 valence electrons. The minimum atomic E-state index is -3.19. The zero-order valence-electron chi connectivity index (χ0n) is 14.1. The highest BCUT2D eigenvalue weighted by Gasteiger charge is 2.31. The molecule has 6 heteroatoms. The van der Waals surface area contributed by atoms with E-state index in [2.05, 4.69) is 22.8 Å². The first-order valence-corrected chi connectivity index (χ1v) is 10.2. The first-order valence-electron chi connectivity index (χ1n) is 8.30. The Bertz CT molecular complexity index is 827. The number of carbonyl (C=O) groups is 1. The molecular formula is C19H22N2O3S. The first-order chi connectivity index (χ1) is 11.9. The Morgan fingerprint density at radius 3 is 2.28 bits per heavy atom. The van der Waals surface area contributed by atoms with Gasteiger partial charge in [0.1, 0.15) is 0 Å². The highest BCUT2D eigenvalue weighted by Crippen LogP contribution is 2.36. The third kappa shape index (κ3) is 4.60. The van der Waals surface area contributed by atoms with E-state index in [0.29, 0.717) is 12.5 Å². The average molecular weight is 358 g/mol. The van der Waals surface area contributed by atoms with Gasteiger partial charge in [0.05, 0.1) is 4.90 Å². The fourth-order valence-electron chi connectivity index (χ4n) is 3.01. The smallest absolute Gasteiger partial charge is 0.315 e. The average Bonchev–Trinajstić information content (AvgIpc) is 2.56. The summed E-state index contributed by atoms with van der Waals surface area (Å²) in [6.45, 7) is 0.366. The predicted octanol–water partition coefficient (Wildman–Crippen LogP) is 2.84. The molecule has 3 rings (SSSR count). The number of sulfone groups is 1. The number of hydrogen-bond donors (Lipinski definition) is 2. The number of hydrogen-bond acceptors (Lipinski definition) is 3. The van der Waals surface area contributed by atoms with E-state index in [-0.39, 0.29) is 17.0 Å². The SMILES string of the molecule is CS(=O)(=O)c1ccc(CNC(=O)NC2CC(c3ccccc3)C2)cc1. The van der Waals surface area contributed by atoms with Crippen molar-refractivity contribution in [3.05, 3.63) is 65.7 Å². The van der Waals surface area contributed by atoms with Crippen molar-refractivity contribution in [3.8, 4) is 0 Å². The van der Waals surface area contributed by atoms with Crippen LogP contribution >= 0.6 is 0 Å². The Labute approximate surface area is 148 Å². The summed E-state index contributed by atoms with van der Waals surface area (Å²) in [6, 6.07) is 16.9. The van der Waals surface area contributed by atoms with Crippen LogP contribution in [0.15, 0.2) is 59.5 Å². The Morgan fingerprint density at radius 2 is 1.68 bits per heavy atom. The number of carbonyl (C=O) groups excluding carboxylic acids is 1. The van der Waals surface area contributed by atoms with E-state index in [0.717, 1.165) is 18.4 Å². The zero-order chi connectivity index (χ0) is 17.9. The van der Waals surface area contributed by atoms with Crippen LogP contribution in [-0.4, -0.2) is 26.7 Å². The fourth-order valence-corrected chi connectivity index (χ4v) is 3.64. The van der Waals surface area contributed by atoms with Gasteiger partial charge in [-0.15, -0.1) is 0 Å². The van der Waals surface area contributed by atoms with Gasteiger partial charge in [-0.1, -0.05) is 42.5 Å². The monoisotopic (exact) mass is 358 g/mol. The summed E-state index contributed by atoms with van der Waals surface area (Å²) in [5.41, 5.74) is 2.19. The first kappa shape index (κ1) is 17.5. The Balaban J connectivity index is 1.42. The van der Waals surface area contributed by atoms with Crippen molar-refractivity contribution in [3.63, 3.8) is 0 Å². The maximum Gasteiger partial charge on any atom is 0.315 e. The molecule has 2 aromatic rings. The summed E-state index contributed by atoms with van der Waals surface area (Å²) in [6.07, 6.45) is 3.09. The molecule has 1 fully saturated rings. The van der Waals surface area contributed by atoms with E-state index in [1.165, 1.54) is 11.8 Å². The van der Waals surface area contributed by atoms with Crippen molar-refractivity contribution in [2.45, 2.75) is 36.2 Å². The van der Waals surface area contributed by atoms with Crippen molar-refractivity contribution >= 4 is 15.9 Å². The highest BCUT2D eigenvalue weighted by atomic mass is 32.2. The lowest BCUT2D eigenvalue weighted by Gasteiger charge is -2.36. The minimum absolute atomic E-state index is 0.191. The molecule has 0 aliphatic heterocycles. The van der Waals surface area contributed by atoms with Gasteiger partial charge in [0.25, 0.3) is 0 Å². The molecule has 2 N–H and O–H groups in total. The van der Waals surface area contributed by atoms with Crippen LogP contribution in [0.25, 0.3) is 0 Å². The molecule has 1 aliphatic rings. The third-order valence-electron chi connectivity index (χ3n) is 4.55. The third-order valence-corrected chi connectivity index (χ3v) is 5.68. The van der Waals surface area contributed by atoms with Gasteiger partial charge in [0.15, 0.2) is 9.84 Å². The molecule has 0 aromatic heterocycles. The number of rotatable bonds is 5. The second-order valence-corrected chi connectivity index (χ2v) is 8.53. The number of nitrogens with one attached hydrogen (secondary N) is 2. The fraction of sp³-hybridized carbons (Fsp3) is 0.316. The molecule has 2 amide bonds. The number of benzene rings is 2. The van der Waals surface area contributed by atoms with E-state index in [1.54, 1.807) is 24.3 Å². The van der Waals surface area contributed by atoms with Gasteiger partial charge >= 0.3 is 6.03 Å². The maximum atomic E-state index is 12.0. The van der Waals surface area contributed by atoms with Crippen LogP contribution in [-0.2, 0) is 16.4 Å².